The van der Waals surface area contributed by atoms with Crippen LogP contribution in [0, 0.1) is 18.3 Å². The van der Waals surface area contributed by atoms with Crippen LogP contribution < -0.4 is 0 Å². The van der Waals surface area contributed by atoms with Gasteiger partial charge >= 0.3 is 5.97 Å². The van der Waals surface area contributed by atoms with Crippen LogP contribution in [0.15, 0.2) is 12.1 Å². The van der Waals surface area contributed by atoms with Gasteiger partial charge in [-0.2, -0.15) is 5.26 Å². The first kappa shape index (κ1) is 11.3. The lowest BCUT2D eigenvalue weighted by Crippen LogP contribution is -2.06. The Bertz CT molecular complexity index is 388. The van der Waals surface area contributed by atoms with E-state index in [2.05, 4.69) is 10.8 Å². The number of methoxy groups -OCH3 is 1. The highest BCUT2D eigenvalue weighted by Crippen LogP contribution is 2.09. The quantitative estimate of drug-likeness (QED) is 0.703. The van der Waals surface area contributed by atoms with Gasteiger partial charge < -0.3 is 9.30 Å². The van der Waals surface area contributed by atoms with E-state index in [-0.39, 0.29) is 5.97 Å². The second-order valence-corrected chi connectivity index (χ2v) is 3.30. The highest BCUT2D eigenvalue weighted by Gasteiger charge is 2.05. The van der Waals surface area contributed by atoms with Gasteiger partial charge in [0.05, 0.1) is 7.11 Å². The molecule has 0 aromatic carbocycles. The molecule has 1 aromatic rings. The fraction of sp³-hybridized carbons (Fsp3) is 0.455. The molecule has 0 aliphatic carbocycles. The molecule has 0 fully saturated rings. The number of esters is 1. The second-order valence-electron chi connectivity index (χ2n) is 3.30. The molecule has 0 saturated heterocycles. The Hall–Kier alpha value is -1.76. The van der Waals surface area contributed by atoms with Gasteiger partial charge in [0.1, 0.15) is 11.8 Å². The van der Waals surface area contributed by atoms with E-state index in [0.717, 1.165) is 5.69 Å². The molecule has 0 radical (unpaired) electrons. The molecule has 0 unspecified atom stereocenters. The van der Waals surface area contributed by atoms with Crippen LogP contribution >= 0.6 is 0 Å². The lowest BCUT2D eigenvalue weighted by Gasteiger charge is -2.06. The Labute approximate surface area is 89.1 Å². The average molecular weight is 206 g/mol. The van der Waals surface area contributed by atoms with Crippen LogP contribution in [0.4, 0.5) is 0 Å². The van der Waals surface area contributed by atoms with Crippen molar-refractivity contribution < 1.29 is 9.53 Å². The first-order chi connectivity index (χ1) is 7.19. The van der Waals surface area contributed by atoms with Gasteiger partial charge in [-0.05, 0) is 25.5 Å². The number of carbonyl (C=O) groups is 1. The first-order valence-corrected chi connectivity index (χ1v) is 4.82. The second kappa shape index (κ2) is 5.20. The van der Waals surface area contributed by atoms with Crippen LogP contribution in [0.1, 0.15) is 24.2 Å². The Morgan fingerprint density at radius 2 is 2.33 bits per heavy atom. The number of aromatic nitrogens is 1. The van der Waals surface area contributed by atoms with Gasteiger partial charge in [-0.25, -0.2) is 0 Å². The number of nitrogens with zero attached hydrogens (tertiary/aromatic N) is 2. The molecule has 0 bridgehead atoms. The van der Waals surface area contributed by atoms with Crippen LogP contribution in [0.25, 0.3) is 0 Å². The van der Waals surface area contributed by atoms with Crippen molar-refractivity contribution in [3.63, 3.8) is 0 Å². The normalized spacial score (nSPS) is 9.67. The van der Waals surface area contributed by atoms with Crippen LogP contribution in [0.2, 0.25) is 0 Å². The number of hydrogen-bond acceptors (Lipinski definition) is 3. The van der Waals surface area contributed by atoms with E-state index in [1.165, 1.54) is 7.11 Å². The Morgan fingerprint density at radius 1 is 1.60 bits per heavy atom. The van der Waals surface area contributed by atoms with Gasteiger partial charge in [0, 0.05) is 18.7 Å². The zero-order chi connectivity index (χ0) is 11.3. The SMILES string of the molecule is COC(=O)CCCn1c(C)ccc1C#N. The summed E-state index contributed by atoms with van der Waals surface area (Å²) in [5.41, 5.74) is 1.67. The standard InChI is InChI=1S/C11H14N2O2/c1-9-5-6-10(8-12)13(9)7-3-4-11(14)15-2/h5-6H,3-4,7H2,1-2H3. The molecule has 1 rings (SSSR count). The zero-order valence-electron chi connectivity index (χ0n) is 8.99. The molecule has 0 atom stereocenters. The van der Waals surface area contributed by atoms with Crippen molar-refractivity contribution in [2.45, 2.75) is 26.3 Å². The molecule has 0 saturated carbocycles. The molecular formula is C11H14N2O2. The molecule has 1 heterocycles. The predicted octanol–water partition coefficient (Wildman–Crippen LogP) is 1.62. The van der Waals surface area contributed by atoms with E-state index in [1.54, 1.807) is 6.07 Å². The maximum Gasteiger partial charge on any atom is 0.305 e. The van der Waals surface area contributed by atoms with E-state index < -0.39 is 0 Å². The van der Waals surface area contributed by atoms with Crippen LogP contribution in [-0.4, -0.2) is 17.6 Å². The van der Waals surface area contributed by atoms with E-state index in [0.29, 0.717) is 25.1 Å². The van der Waals surface area contributed by atoms with Crippen LogP contribution in [0.5, 0.6) is 0 Å². The van der Waals surface area contributed by atoms with Gasteiger partial charge in [-0.15, -0.1) is 0 Å². The Kier molecular flexibility index (Phi) is 3.92. The fourth-order valence-corrected chi connectivity index (χ4v) is 1.45. The van der Waals surface area contributed by atoms with Crippen molar-refractivity contribution in [1.82, 2.24) is 4.57 Å². The molecule has 4 heteroatoms. The molecular weight excluding hydrogens is 192 g/mol. The number of carbonyl (C=O) groups excluding carboxylic acids is 1. The largest absolute Gasteiger partial charge is 0.469 e. The van der Waals surface area contributed by atoms with E-state index in [9.17, 15) is 4.79 Å². The molecule has 15 heavy (non-hydrogen) atoms. The third-order valence-electron chi connectivity index (χ3n) is 2.30. The lowest BCUT2D eigenvalue weighted by molar-refractivity contribution is -0.140. The van der Waals surface area contributed by atoms with Gasteiger partial charge in [0.2, 0.25) is 0 Å². The summed E-state index contributed by atoms with van der Waals surface area (Å²) >= 11 is 0. The van der Waals surface area contributed by atoms with Gasteiger partial charge in [-0.1, -0.05) is 0 Å². The maximum absolute atomic E-state index is 10.9. The molecule has 4 nitrogen and oxygen atoms in total. The summed E-state index contributed by atoms with van der Waals surface area (Å²) in [6, 6.07) is 5.80. The van der Waals surface area contributed by atoms with E-state index >= 15 is 0 Å². The van der Waals surface area contributed by atoms with Crippen LogP contribution in [0.3, 0.4) is 0 Å². The molecule has 0 aliphatic rings. The van der Waals surface area contributed by atoms with Gasteiger partial charge in [0.25, 0.3) is 0 Å². The van der Waals surface area contributed by atoms with E-state index in [4.69, 9.17) is 5.26 Å². The number of aryl methyl sites for hydroxylation is 1. The number of hydrogen-bond donors (Lipinski definition) is 0. The summed E-state index contributed by atoms with van der Waals surface area (Å²) in [7, 11) is 1.38. The molecule has 0 amide bonds. The lowest BCUT2D eigenvalue weighted by atomic mass is 10.3. The number of rotatable bonds is 4. The molecule has 1 aromatic heterocycles. The van der Waals surface area contributed by atoms with Crippen molar-refractivity contribution in [2.24, 2.45) is 0 Å². The van der Waals surface area contributed by atoms with Gasteiger partial charge in [-0.3, -0.25) is 4.79 Å². The minimum atomic E-state index is -0.210. The van der Waals surface area contributed by atoms with Crippen molar-refractivity contribution in [1.29, 1.82) is 5.26 Å². The summed E-state index contributed by atoms with van der Waals surface area (Å²) in [6.45, 7) is 2.62. The minimum absolute atomic E-state index is 0.210. The monoisotopic (exact) mass is 206 g/mol. The minimum Gasteiger partial charge on any atom is -0.469 e. The predicted molar refractivity (Wildman–Crippen MR) is 55.1 cm³/mol. The smallest absolute Gasteiger partial charge is 0.305 e. The molecule has 80 valence electrons. The summed E-state index contributed by atoms with van der Waals surface area (Å²) in [5.74, 6) is -0.210. The zero-order valence-corrected chi connectivity index (χ0v) is 8.99. The summed E-state index contributed by atoms with van der Waals surface area (Å²) in [6.07, 6.45) is 1.08. The summed E-state index contributed by atoms with van der Waals surface area (Å²) < 4.78 is 6.45. The molecule has 0 aliphatic heterocycles. The Morgan fingerprint density at radius 3 is 2.93 bits per heavy atom. The van der Waals surface area contributed by atoms with Crippen molar-refractivity contribution >= 4 is 5.97 Å². The van der Waals surface area contributed by atoms with Crippen LogP contribution in [-0.2, 0) is 16.1 Å². The fourth-order valence-electron chi connectivity index (χ4n) is 1.45. The molecule has 0 spiro atoms. The maximum atomic E-state index is 10.9. The molecule has 0 N–H and O–H groups in total. The highest BCUT2D eigenvalue weighted by atomic mass is 16.5. The highest BCUT2D eigenvalue weighted by molar-refractivity contribution is 5.68. The van der Waals surface area contributed by atoms with E-state index in [1.807, 2.05) is 17.6 Å². The topological polar surface area (TPSA) is 55.0 Å². The first-order valence-electron chi connectivity index (χ1n) is 4.82. The average Bonchev–Trinajstić information content (AvgIpc) is 2.60. The summed E-state index contributed by atoms with van der Waals surface area (Å²) in [5, 5.41) is 8.82. The third-order valence-corrected chi connectivity index (χ3v) is 2.30. The van der Waals surface area contributed by atoms with Gasteiger partial charge in [0.15, 0.2) is 0 Å². The third kappa shape index (κ3) is 2.84. The summed E-state index contributed by atoms with van der Waals surface area (Å²) in [4.78, 5) is 10.9. The van der Waals surface area contributed by atoms with Crippen molar-refractivity contribution in [3.8, 4) is 6.07 Å². The Balaban J connectivity index is 2.54. The number of ether oxygens (including phenoxy) is 1. The van der Waals surface area contributed by atoms with Crippen molar-refractivity contribution in [3.05, 3.63) is 23.5 Å². The number of nitriles is 1. The van der Waals surface area contributed by atoms with Crippen molar-refractivity contribution in [2.75, 3.05) is 7.11 Å².